The molecule has 0 radical (unpaired) electrons. The van der Waals surface area contributed by atoms with E-state index in [1.54, 1.807) is 19.1 Å². The number of nitro groups is 1. The summed E-state index contributed by atoms with van der Waals surface area (Å²) in [7, 11) is 0. The molecule has 146 valence electrons. The highest BCUT2D eigenvalue weighted by Gasteiger charge is 2.27. The number of hydrogen-bond donors (Lipinski definition) is 2. The first-order chi connectivity index (χ1) is 12.5. The number of nitrogens with one attached hydrogen (secondary N) is 1. The highest BCUT2D eigenvalue weighted by atomic mass is 35.5. The predicted molar refractivity (Wildman–Crippen MR) is 102 cm³/mol. The van der Waals surface area contributed by atoms with Crippen molar-refractivity contribution in [1.29, 1.82) is 0 Å². The standard InChI is InChI=1S/C17H22N6O3.ClH/c1-11-16(17(24)19-15-8-3-2-5-12(15)10-18)20-21-22(11)13-6-4-7-14(9-13)23(25)26;/h4,6-7,9,12,15H,2-3,5,8,10,18H2,1H3,(H,19,24);1H. The average molecular weight is 395 g/mol. The third kappa shape index (κ3) is 4.42. The molecule has 1 aromatic heterocycles. The van der Waals surface area contributed by atoms with E-state index in [0.717, 1.165) is 25.7 Å². The largest absolute Gasteiger partial charge is 0.348 e. The van der Waals surface area contributed by atoms with Gasteiger partial charge in [0.1, 0.15) is 0 Å². The maximum absolute atomic E-state index is 12.6. The Kier molecular flexibility index (Phi) is 6.86. The van der Waals surface area contributed by atoms with Gasteiger partial charge in [0, 0.05) is 18.2 Å². The van der Waals surface area contributed by atoms with Crippen molar-refractivity contribution in [2.75, 3.05) is 6.54 Å². The van der Waals surface area contributed by atoms with Crippen molar-refractivity contribution in [2.24, 2.45) is 11.7 Å². The number of amides is 1. The molecule has 1 aliphatic rings. The van der Waals surface area contributed by atoms with E-state index < -0.39 is 4.92 Å². The van der Waals surface area contributed by atoms with Crippen LogP contribution in [0.1, 0.15) is 41.9 Å². The van der Waals surface area contributed by atoms with E-state index in [2.05, 4.69) is 15.6 Å². The number of benzene rings is 1. The molecule has 1 aromatic carbocycles. The van der Waals surface area contributed by atoms with Crippen molar-refractivity contribution in [3.05, 3.63) is 45.8 Å². The number of nitro benzene ring substituents is 1. The molecular formula is C17H23ClN6O3. The van der Waals surface area contributed by atoms with Crippen LogP contribution in [0.5, 0.6) is 0 Å². The lowest BCUT2D eigenvalue weighted by Gasteiger charge is -2.31. The Balaban J connectivity index is 0.00000261. The fourth-order valence-corrected chi connectivity index (χ4v) is 3.44. The fourth-order valence-electron chi connectivity index (χ4n) is 3.44. The molecule has 2 aromatic rings. The summed E-state index contributed by atoms with van der Waals surface area (Å²) < 4.78 is 1.43. The fraction of sp³-hybridized carbons (Fsp3) is 0.471. The number of nitrogens with two attached hydrogens (primary N) is 1. The first-order valence-corrected chi connectivity index (χ1v) is 8.69. The second kappa shape index (κ2) is 8.92. The van der Waals surface area contributed by atoms with Gasteiger partial charge in [0.25, 0.3) is 11.6 Å². The van der Waals surface area contributed by atoms with Gasteiger partial charge in [0.2, 0.25) is 0 Å². The highest BCUT2D eigenvalue weighted by molar-refractivity contribution is 5.93. The van der Waals surface area contributed by atoms with Crippen LogP contribution in [0.25, 0.3) is 5.69 Å². The minimum atomic E-state index is -0.473. The Bertz CT molecular complexity index is 825. The second-order valence-corrected chi connectivity index (χ2v) is 6.57. The van der Waals surface area contributed by atoms with Gasteiger partial charge in [-0.15, -0.1) is 17.5 Å². The van der Waals surface area contributed by atoms with Crippen LogP contribution in [0.15, 0.2) is 24.3 Å². The summed E-state index contributed by atoms with van der Waals surface area (Å²) in [5.41, 5.74) is 7.01. The molecule has 9 nitrogen and oxygen atoms in total. The molecule has 1 fully saturated rings. The second-order valence-electron chi connectivity index (χ2n) is 6.57. The van der Waals surface area contributed by atoms with Gasteiger partial charge < -0.3 is 11.1 Å². The minimum absolute atomic E-state index is 0. The van der Waals surface area contributed by atoms with Gasteiger partial charge in [0.15, 0.2) is 5.69 Å². The smallest absolute Gasteiger partial charge is 0.273 e. The summed E-state index contributed by atoms with van der Waals surface area (Å²) in [5, 5.41) is 22.0. The van der Waals surface area contributed by atoms with Crippen LogP contribution in [0, 0.1) is 23.0 Å². The Morgan fingerprint density at radius 3 is 2.85 bits per heavy atom. The van der Waals surface area contributed by atoms with E-state index in [0.29, 0.717) is 17.9 Å². The van der Waals surface area contributed by atoms with Gasteiger partial charge in [0.05, 0.1) is 16.3 Å². The molecule has 0 bridgehead atoms. The van der Waals surface area contributed by atoms with E-state index in [1.807, 2.05) is 0 Å². The number of rotatable bonds is 5. The van der Waals surface area contributed by atoms with E-state index in [4.69, 9.17) is 5.73 Å². The molecule has 1 aliphatic carbocycles. The zero-order valence-corrected chi connectivity index (χ0v) is 15.8. The summed E-state index contributed by atoms with van der Waals surface area (Å²) in [5.74, 6) is -0.00986. The molecule has 3 rings (SSSR count). The topological polar surface area (TPSA) is 129 Å². The van der Waals surface area contributed by atoms with Gasteiger partial charge >= 0.3 is 0 Å². The van der Waals surface area contributed by atoms with Gasteiger partial charge in [-0.3, -0.25) is 14.9 Å². The molecule has 3 N–H and O–H groups in total. The number of halogens is 1. The van der Waals surface area contributed by atoms with Crippen LogP contribution in [0.3, 0.4) is 0 Å². The van der Waals surface area contributed by atoms with Crippen molar-refractivity contribution in [1.82, 2.24) is 20.3 Å². The van der Waals surface area contributed by atoms with Crippen LogP contribution in [0.4, 0.5) is 5.69 Å². The lowest BCUT2D eigenvalue weighted by Crippen LogP contribution is -2.45. The molecule has 1 heterocycles. The normalized spacial score (nSPS) is 19.2. The summed E-state index contributed by atoms with van der Waals surface area (Å²) in [6.45, 7) is 2.26. The van der Waals surface area contributed by atoms with E-state index in [-0.39, 0.29) is 41.7 Å². The number of aromatic nitrogens is 3. The van der Waals surface area contributed by atoms with E-state index >= 15 is 0 Å². The monoisotopic (exact) mass is 394 g/mol. The number of non-ortho nitro benzene ring substituents is 1. The zero-order chi connectivity index (χ0) is 18.7. The summed E-state index contributed by atoms with van der Waals surface area (Å²) in [6, 6.07) is 6.10. The molecule has 1 saturated carbocycles. The van der Waals surface area contributed by atoms with Crippen molar-refractivity contribution in [3.8, 4) is 5.69 Å². The van der Waals surface area contributed by atoms with Crippen molar-refractivity contribution in [3.63, 3.8) is 0 Å². The first-order valence-electron chi connectivity index (χ1n) is 8.69. The van der Waals surface area contributed by atoms with Crippen LogP contribution in [-0.2, 0) is 0 Å². The molecule has 2 unspecified atom stereocenters. The Morgan fingerprint density at radius 1 is 1.41 bits per heavy atom. The highest BCUT2D eigenvalue weighted by Crippen LogP contribution is 2.24. The molecule has 1 amide bonds. The Morgan fingerprint density at radius 2 is 2.15 bits per heavy atom. The van der Waals surface area contributed by atoms with E-state index in [9.17, 15) is 14.9 Å². The maximum atomic E-state index is 12.6. The van der Waals surface area contributed by atoms with Crippen LogP contribution < -0.4 is 11.1 Å². The number of carbonyl (C=O) groups excluding carboxylic acids is 1. The minimum Gasteiger partial charge on any atom is -0.348 e. The Hall–Kier alpha value is -2.52. The maximum Gasteiger partial charge on any atom is 0.273 e. The summed E-state index contributed by atoms with van der Waals surface area (Å²) in [6.07, 6.45) is 4.13. The molecular weight excluding hydrogens is 372 g/mol. The molecule has 0 saturated heterocycles. The van der Waals surface area contributed by atoms with Crippen LogP contribution in [-0.4, -0.2) is 38.4 Å². The first kappa shape index (κ1) is 20.8. The third-order valence-corrected chi connectivity index (χ3v) is 4.92. The summed E-state index contributed by atoms with van der Waals surface area (Å²) >= 11 is 0. The molecule has 2 atom stereocenters. The van der Waals surface area contributed by atoms with Crippen molar-refractivity contribution < 1.29 is 9.72 Å². The van der Waals surface area contributed by atoms with Crippen LogP contribution >= 0.6 is 12.4 Å². The van der Waals surface area contributed by atoms with Gasteiger partial charge in [-0.25, -0.2) is 4.68 Å². The SMILES string of the molecule is Cc1c(C(=O)NC2CCCCC2CN)nnn1-c1cccc([N+](=O)[O-])c1.Cl. The number of carbonyl (C=O) groups is 1. The molecule has 10 heteroatoms. The van der Waals surface area contributed by atoms with Gasteiger partial charge in [-0.05, 0) is 38.3 Å². The molecule has 27 heavy (non-hydrogen) atoms. The number of nitrogens with zero attached hydrogens (tertiary/aromatic N) is 4. The van der Waals surface area contributed by atoms with Crippen LogP contribution in [0.2, 0.25) is 0 Å². The van der Waals surface area contributed by atoms with Crippen molar-refractivity contribution >= 4 is 24.0 Å². The quantitative estimate of drug-likeness (QED) is 0.590. The van der Waals surface area contributed by atoms with Gasteiger partial charge in [-0.2, -0.15) is 0 Å². The van der Waals surface area contributed by atoms with Gasteiger partial charge in [-0.1, -0.05) is 24.1 Å². The Labute approximate surface area is 162 Å². The third-order valence-electron chi connectivity index (χ3n) is 4.92. The average Bonchev–Trinajstić information content (AvgIpc) is 3.03. The van der Waals surface area contributed by atoms with E-state index in [1.165, 1.54) is 16.8 Å². The van der Waals surface area contributed by atoms with Crippen molar-refractivity contribution in [2.45, 2.75) is 38.6 Å². The number of hydrogen-bond acceptors (Lipinski definition) is 6. The molecule has 0 spiro atoms. The lowest BCUT2D eigenvalue weighted by atomic mass is 9.84. The zero-order valence-electron chi connectivity index (χ0n) is 15.0. The molecule has 0 aliphatic heterocycles. The summed E-state index contributed by atoms with van der Waals surface area (Å²) in [4.78, 5) is 23.1. The lowest BCUT2D eigenvalue weighted by molar-refractivity contribution is -0.384. The predicted octanol–water partition coefficient (Wildman–Crippen LogP) is 2.15.